The predicted octanol–water partition coefficient (Wildman–Crippen LogP) is 1.95. The van der Waals surface area contributed by atoms with Gasteiger partial charge in [-0.3, -0.25) is 0 Å². The van der Waals surface area contributed by atoms with E-state index < -0.39 is 0 Å². The van der Waals surface area contributed by atoms with Crippen molar-refractivity contribution in [3.8, 4) is 0 Å². The van der Waals surface area contributed by atoms with E-state index in [0.717, 1.165) is 6.42 Å². The molecule has 0 spiro atoms. The first kappa shape index (κ1) is 14.2. The molecule has 17 heavy (non-hydrogen) atoms. The lowest BCUT2D eigenvalue weighted by molar-refractivity contribution is 0.245. The van der Waals surface area contributed by atoms with Gasteiger partial charge in [0.1, 0.15) is 0 Å². The number of nitrogens with two attached hydrogens (primary N) is 1. The van der Waals surface area contributed by atoms with E-state index in [1.54, 1.807) is 0 Å². The van der Waals surface area contributed by atoms with Crippen LogP contribution in [0, 0.1) is 5.92 Å². The van der Waals surface area contributed by atoms with Gasteiger partial charge in [-0.15, -0.1) is 0 Å². The van der Waals surface area contributed by atoms with E-state index in [1.807, 2.05) is 19.1 Å². The van der Waals surface area contributed by atoms with Gasteiger partial charge in [-0.1, -0.05) is 38.1 Å². The second kappa shape index (κ2) is 6.74. The van der Waals surface area contributed by atoms with Crippen LogP contribution in [0.1, 0.15) is 31.0 Å². The highest BCUT2D eigenvalue weighted by atomic mass is 15.5. The molecular formula is C14H25N3. The Kier molecular flexibility index (Phi) is 5.62. The second-order valence-electron chi connectivity index (χ2n) is 5.15. The summed E-state index contributed by atoms with van der Waals surface area (Å²) < 4.78 is 0. The maximum atomic E-state index is 5.78. The van der Waals surface area contributed by atoms with E-state index >= 15 is 0 Å². The number of rotatable bonds is 6. The molecule has 0 aliphatic carbocycles. The third kappa shape index (κ3) is 4.86. The molecule has 1 atom stereocenters. The topological polar surface area (TPSA) is 41.3 Å². The molecule has 3 N–H and O–H groups in total. The van der Waals surface area contributed by atoms with Gasteiger partial charge in [0.15, 0.2) is 0 Å². The zero-order valence-electron chi connectivity index (χ0n) is 11.4. The molecule has 0 bridgehead atoms. The molecule has 3 heteroatoms. The van der Waals surface area contributed by atoms with Crippen molar-refractivity contribution in [3.63, 3.8) is 0 Å². The molecule has 0 aliphatic heterocycles. The fourth-order valence-corrected chi connectivity index (χ4v) is 1.93. The first-order chi connectivity index (χ1) is 8.02. The summed E-state index contributed by atoms with van der Waals surface area (Å²) >= 11 is 0. The van der Waals surface area contributed by atoms with Crippen molar-refractivity contribution in [2.75, 3.05) is 20.6 Å². The molecule has 1 aromatic carbocycles. The quantitative estimate of drug-likeness (QED) is 0.741. The van der Waals surface area contributed by atoms with Gasteiger partial charge in [0.2, 0.25) is 0 Å². The zero-order chi connectivity index (χ0) is 12.8. The Hall–Kier alpha value is -0.900. The predicted molar refractivity (Wildman–Crippen MR) is 73.6 cm³/mol. The summed E-state index contributed by atoms with van der Waals surface area (Å²) in [5, 5.41) is 1.94. The van der Waals surface area contributed by atoms with E-state index in [-0.39, 0.29) is 6.04 Å². The van der Waals surface area contributed by atoms with Crippen molar-refractivity contribution in [1.29, 1.82) is 0 Å². The standard InChI is InChI=1S/C14H25N3/c1-11(2)9-12-5-7-13(8-6-12)14(10-15)16-17(3)4/h5-8,11,14,16H,9-10,15H2,1-4H3. The Morgan fingerprint density at radius 1 is 1.18 bits per heavy atom. The third-order valence-corrected chi connectivity index (χ3v) is 2.68. The first-order valence-corrected chi connectivity index (χ1v) is 6.25. The summed E-state index contributed by atoms with van der Waals surface area (Å²) in [7, 11) is 3.96. The maximum Gasteiger partial charge on any atom is 0.0586 e. The minimum absolute atomic E-state index is 0.193. The average molecular weight is 235 g/mol. The van der Waals surface area contributed by atoms with Gasteiger partial charge < -0.3 is 5.73 Å². The van der Waals surface area contributed by atoms with Crippen LogP contribution >= 0.6 is 0 Å². The molecule has 0 aliphatic rings. The number of hydrogen-bond donors (Lipinski definition) is 2. The Balaban J connectivity index is 2.70. The van der Waals surface area contributed by atoms with Gasteiger partial charge in [-0.05, 0) is 23.5 Å². The molecule has 96 valence electrons. The number of nitrogens with zero attached hydrogens (tertiary/aromatic N) is 1. The summed E-state index contributed by atoms with van der Waals surface area (Å²) in [5.74, 6) is 0.700. The lowest BCUT2D eigenvalue weighted by Crippen LogP contribution is -2.37. The Morgan fingerprint density at radius 3 is 2.18 bits per heavy atom. The van der Waals surface area contributed by atoms with E-state index in [4.69, 9.17) is 5.73 Å². The number of hydrogen-bond acceptors (Lipinski definition) is 3. The molecule has 0 saturated carbocycles. The molecule has 0 heterocycles. The second-order valence-corrected chi connectivity index (χ2v) is 5.15. The highest BCUT2D eigenvalue weighted by Crippen LogP contribution is 2.15. The van der Waals surface area contributed by atoms with Gasteiger partial charge >= 0.3 is 0 Å². The third-order valence-electron chi connectivity index (χ3n) is 2.68. The fraction of sp³-hybridized carbons (Fsp3) is 0.571. The highest BCUT2D eigenvalue weighted by molar-refractivity contribution is 5.25. The minimum atomic E-state index is 0.193. The highest BCUT2D eigenvalue weighted by Gasteiger charge is 2.09. The average Bonchev–Trinajstić information content (AvgIpc) is 2.26. The summed E-state index contributed by atoms with van der Waals surface area (Å²) in [6, 6.07) is 8.94. The summed E-state index contributed by atoms with van der Waals surface area (Å²) in [4.78, 5) is 0. The lowest BCUT2D eigenvalue weighted by Gasteiger charge is -2.22. The van der Waals surface area contributed by atoms with Crippen LogP contribution in [0.15, 0.2) is 24.3 Å². The Bertz CT molecular complexity index is 317. The van der Waals surface area contributed by atoms with Gasteiger partial charge in [-0.25, -0.2) is 10.4 Å². The van der Waals surface area contributed by atoms with Crippen LogP contribution < -0.4 is 11.2 Å². The van der Waals surface area contributed by atoms with Crippen molar-refractivity contribution >= 4 is 0 Å². The first-order valence-electron chi connectivity index (χ1n) is 6.25. The van der Waals surface area contributed by atoms with Crippen molar-refractivity contribution in [2.24, 2.45) is 11.7 Å². The van der Waals surface area contributed by atoms with Crippen LogP contribution in [-0.2, 0) is 6.42 Å². The summed E-state index contributed by atoms with van der Waals surface area (Å²) in [6.07, 6.45) is 1.13. The van der Waals surface area contributed by atoms with Crippen LogP contribution in [0.3, 0.4) is 0 Å². The van der Waals surface area contributed by atoms with E-state index in [1.165, 1.54) is 11.1 Å². The molecule has 0 saturated heterocycles. The lowest BCUT2D eigenvalue weighted by atomic mass is 9.99. The van der Waals surface area contributed by atoms with Crippen LogP contribution in [0.2, 0.25) is 0 Å². The number of nitrogens with one attached hydrogen (secondary N) is 1. The monoisotopic (exact) mass is 235 g/mol. The summed E-state index contributed by atoms with van der Waals surface area (Å²) in [5.41, 5.74) is 11.7. The molecule has 1 unspecified atom stereocenters. The molecule has 0 radical (unpaired) electrons. The normalized spacial score (nSPS) is 13.4. The van der Waals surface area contributed by atoms with Gasteiger partial charge in [0, 0.05) is 20.6 Å². The molecule has 1 aromatic rings. The van der Waals surface area contributed by atoms with Crippen LogP contribution in [0.25, 0.3) is 0 Å². The Labute approximate surface area is 105 Å². The van der Waals surface area contributed by atoms with Crippen molar-refractivity contribution in [3.05, 3.63) is 35.4 Å². The van der Waals surface area contributed by atoms with Gasteiger partial charge in [-0.2, -0.15) is 0 Å². The van der Waals surface area contributed by atoms with Gasteiger partial charge in [0.05, 0.1) is 6.04 Å². The zero-order valence-corrected chi connectivity index (χ0v) is 11.4. The SMILES string of the molecule is CC(C)Cc1ccc(C(CN)NN(C)C)cc1. The Morgan fingerprint density at radius 2 is 1.76 bits per heavy atom. The minimum Gasteiger partial charge on any atom is -0.329 e. The number of hydrazine groups is 1. The van der Waals surface area contributed by atoms with E-state index in [2.05, 4.69) is 43.5 Å². The molecule has 1 rings (SSSR count). The smallest absolute Gasteiger partial charge is 0.0586 e. The van der Waals surface area contributed by atoms with Crippen molar-refractivity contribution in [2.45, 2.75) is 26.3 Å². The van der Waals surface area contributed by atoms with Crippen molar-refractivity contribution < 1.29 is 0 Å². The van der Waals surface area contributed by atoms with Crippen LogP contribution in [0.5, 0.6) is 0 Å². The molecule has 0 amide bonds. The van der Waals surface area contributed by atoms with E-state index in [0.29, 0.717) is 12.5 Å². The van der Waals surface area contributed by atoms with E-state index in [9.17, 15) is 0 Å². The van der Waals surface area contributed by atoms with Crippen molar-refractivity contribution in [1.82, 2.24) is 10.4 Å². The largest absolute Gasteiger partial charge is 0.329 e. The molecular weight excluding hydrogens is 210 g/mol. The molecule has 0 aromatic heterocycles. The van der Waals surface area contributed by atoms with Crippen LogP contribution in [0.4, 0.5) is 0 Å². The maximum absolute atomic E-state index is 5.78. The van der Waals surface area contributed by atoms with Crippen LogP contribution in [-0.4, -0.2) is 25.6 Å². The molecule has 3 nitrogen and oxygen atoms in total. The summed E-state index contributed by atoms with van der Waals surface area (Å²) in [6.45, 7) is 5.08. The van der Waals surface area contributed by atoms with Gasteiger partial charge in [0.25, 0.3) is 0 Å². The fourth-order valence-electron chi connectivity index (χ4n) is 1.93. The molecule has 0 fully saturated rings. The number of benzene rings is 1.